The van der Waals surface area contributed by atoms with Crippen LogP contribution in [0, 0.1) is 11.8 Å². The summed E-state index contributed by atoms with van der Waals surface area (Å²) in [5.41, 5.74) is 7.77. The molecule has 6 heteroatoms. The van der Waals surface area contributed by atoms with Crippen LogP contribution in [-0.2, 0) is 6.42 Å². The molecule has 2 aliphatic carbocycles. The van der Waals surface area contributed by atoms with Gasteiger partial charge in [0.25, 0.3) is 5.91 Å². The zero-order valence-corrected chi connectivity index (χ0v) is 15.3. The third kappa shape index (κ3) is 3.14. The lowest BCUT2D eigenvalue weighted by Gasteiger charge is -2.45. The van der Waals surface area contributed by atoms with Gasteiger partial charge in [-0.25, -0.2) is 9.67 Å². The highest BCUT2D eigenvalue weighted by atomic mass is 16.1. The summed E-state index contributed by atoms with van der Waals surface area (Å²) in [6.07, 6.45) is 9.78. The number of hydrogen-bond acceptors (Lipinski definition) is 4. The Labute approximate surface area is 154 Å². The summed E-state index contributed by atoms with van der Waals surface area (Å²) >= 11 is 0. The number of nitrogens with two attached hydrogens (primary N) is 1. The minimum Gasteiger partial charge on any atom is -0.349 e. The zero-order valence-electron chi connectivity index (χ0n) is 15.3. The molecule has 0 spiro atoms. The summed E-state index contributed by atoms with van der Waals surface area (Å²) in [6, 6.07) is 6.24. The normalized spacial score (nSPS) is 27.9. The van der Waals surface area contributed by atoms with Crippen molar-refractivity contribution in [3.8, 4) is 5.82 Å². The van der Waals surface area contributed by atoms with Gasteiger partial charge < -0.3 is 11.1 Å². The van der Waals surface area contributed by atoms with Gasteiger partial charge in [0.05, 0.1) is 17.5 Å². The van der Waals surface area contributed by atoms with E-state index in [0.717, 1.165) is 30.8 Å². The molecular weight excluding hydrogens is 326 g/mol. The van der Waals surface area contributed by atoms with Gasteiger partial charge >= 0.3 is 0 Å². The van der Waals surface area contributed by atoms with Crippen molar-refractivity contribution in [1.82, 2.24) is 20.1 Å². The van der Waals surface area contributed by atoms with E-state index >= 15 is 0 Å². The van der Waals surface area contributed by atoms with Crippen LogP contribution in [0.4, 0.5) is 0 Å². The van der Waals surface area contributed by atoms with Crippen molar-refractivity contribution < 1.29 is 4.79 Å². The topological polar surface area (TPSA) is 85.8 Å². The molecule has 2 saturated carbocycles. The lowest BCUT2D eigenvalue weighted by Crippen LogP contribution is -2.53. The van der Waals surface area contributed by atoms with Crippen molar-refractivity contribution in [2.45, 2.75) is 57.5 Å². The Morgan fingerprint density at radius 3 is 2.73 bits per heavy atom. The molecule has 3 N–H and O–H groups in total. The van der Waals surface area contributed by atoms with Crippen LogP contribution < -0.4 is 11.1 Å². The first-order valence-corrected chi connectivity index (χ1v) is 9.72. The maximum atomic E-state index is 13.0. The highest BCUT2D eigenvalue weighted by molar-refractivity contribution is 5.95. The monoisotopic (exact) mass is 353 g/mol. The maximum absolute atomic E-state index is 13.0. The Kier molecular flexibility index (Phi) is 4.76. The van der Waals surface area contributed by atoms with E-state index in [-0.39, 0.29) is 18.0 Å². The minimum atomic E-state index is -0.0126. The summed E-state index contributed by atoms with van der Waals surface area (Å²) in [7, 11) is 0. The largest absolute Gasteiger partial charge is 0.349 e. The van der Waals surface area contributed by atoms with E-state index in [2.05, 4.69) is 15.4 Å². The maximum Gasteiger partial charge on any atom is 0.255 e. The van der Waals surface area contributed by atoms with Crippen LogP contribution in [-0.4, -0.2) is 32.8 Å². The molecule has 0 saturated heterocycles. The molecule has 6 nitrogen and oxygen atoms in total. The van der Waals surface area contributed by atoms with Crippen molar-refractivity contribution >= 4 is 5.91 Å². The van der Waals surface area contributed by atoms with Gasteiger partial charge in [-0.15, -0.1) is 0 Å². The molecule has 1 amide bonds. The van der Waals surface area contributed by atoms with Crippen LogP contribution in [0.3, 0.4) is 0 Å². The number of amides is 1. The predicted octanol–water partition coefficient (Wildman–Crippen LogP) is 2.47. The quantitative estimate of drug-likeness (QED) is 0.884. The number of hydrogen-bond donors (Lipinski definition) is 2. The molecule has 2 bridgehead atoms. The molecule has 2 aromatic rings. The number of aromatic nitrogens is 3. The fraction of sp³-hybridized carbons (Fsp3) is 0.550. The van der Waals surface area contributed by atoms with Crippen molar-refractivity contribution in [3.05, 3.63) is 41.9 Å². The predicted molar refractivity (Wildman–Crippen MR) is 100 cm³/mol. The molecule has 2 atom stereocenters. The van der Waals surface area contributed by atoms with Crippen LogP contribution in [0.25, 0.3) is 5.82 Å². The summed E-state index contributed by atoms with van der Waals surface area (Å²) in [5, 5.41) is 7.76. The second-order valence-electron chi connectivity index (χ2n) is 7.64. The summed E-state index contributed by atoms with van der Waals surface area (Å²) in [6.45, 7) is 2.04. The molecular formula is C20H27N5O. The highest BCUT2D eigenvalue weighted by Crippen LogP contribution is 2.39. The molecule has 2 aromatic heterocycles. The Bertz CT molecular complexity index is 758. The van der Waals surface area contributed by atoms with Crippen molar-refractivity contribution in [2.24, 2.45) is 17.6 Å². The molecule has 2 heterocycles. The van der Waals surface area contributed by atoms with E-state index < -0.39 is 0 Å². The third-order valence-electron chi connectivity index (χ3n) is 5.99. The fourth-order valence-electron chi connectivity index (χ4n) is 4.83. The number of carbonyl (C=O) groups is 1. The molecule has 4 rings (SSSR count). The number of nitrogens with zero attached hydrogens (tertiary/aromatic N) is 3. The molecule has 138 valence electrons. The number of pyridine rings is 1. The fourth-order valence-corrected chi connectivity index (χ4v) is 4.83. The Balaban J connectivity index is 1.56. The molecule has 2 aliphatic rings. The van der Waals surface area contributed by atoms with Crippen molar-refractivity contribution in [3.63, 3.8) is 0 Å². The highest BCUT2D eigenvalue weighted by Gasteiger charge is 2.40. The smallest absolute Gasteiger partial charge is 0.255 e. The zero-order chi connectivity index (χ0) is 18.1. The number of carbonyl (C=O) groups excluding carboxylic acids is 1. The van der Waals surface area contributed by atoms with Gasteiger partial charge in [0.15, 0.2) is 5.82 Å². The molecule has 0 aromatic carbocycles. The van der Waals surface area contributed by atoms with Gasteiger partial charge in [-0.05, 0) is 56.1 Å². The van der Waals surface area contributed by atoms with Gasteiger partial charge in [-0.1, -0.05) is 19.4 Å². The molecule has 26 heavy (non-hydrogen) atoms. The second kappa shape index (κ2) is 7.19. The van der Waals surface area contributed by atoms with Gasteiger partial charge in [0.2, 0.25) is 0 Å². The summed E-state index contributed by atoms with van der Waals surface area (Å²) in [5.74, 6) is 1.75. The van der Waals surface area contributed by atoms with Gasteiger partial charge in [0.1, 0.15) is 0 Å². The van der Waals surface area contributed by atoms with E-state index in [4.69, 9.17) is 5.73 Å². The molecule has 2 unspecified atom stereocenters. The van der Waals surface area contributed by atoms with E-state index in [1.54, 1.807) is 17.1 Å². The van der Waals surface area contributed by atoms with Gasteiger partial charge in [-0.3, -0.25) is 4.79 Å². The first-order chi connectivity index (χ1) is 12.7. The van der Waals surface area contributed by atoms with E-state index in [1.807, 2.05) is 25.1 Å². The number of fused-ring (bicyclic) bond motifs is 2. The van der Waals surface area contributed by atoms with Crippen LogP contribution >= 0.6 is 0 Å². The first-order valence-electron chi connectivity index (χ1n) is 9.72. The van der Waals surface area contributed by atoms with Crippen molar-refractivity contribution in [1.29, 1.82) is 0 Å². The van der Waals surface area contributed by atoms with E-state index in [0.29, 0.717) is 17.4 Å². The van der Waals surface area contributed by atoms with E-state index in [9.17, 15) is 4.79 Å². The standard InChI is InChI=1S/C20H27N5O/c1-2-17-16(12-23-25(17)18-8-3-4-9-22-18)20(26)24-19-13-6-5-7-14(19)11-15(21)10-13/h3-4,8-9,12-15,19H,2,5-7,10-11,21H2,1H3,(H,24,26). The van der Waals surface area contributed by atoms with Gasteiger partial charge in [-0.2, -0.15) is 5.10 Å². The third-order valence-corrected chi connectivity index (χ3v) is 5.99. The lowest BCUT2D eigenvalue weighted by atomic mass is 9.67. The first kappa shape index (κ1) is 17.2. The Morgan fingerprint density at radius 2 is 2.08 bits per heavy atom. The van der Waals surface area contributed by atoms with Crippen LogP contribution in [0.2, 0.25) is 0 Å². The Morgan fingerprint density at radius 1 is 1.31 bits per heavy atom. The average molecular weight is 353 g/mol. The van der Waals surface area contributed by atoms with Gasteiger partial charge in [0, 0.05) is 18.3 Å². The molecule has 0 radical (unpaired) electrons. The number of rotatable bonds is 4. The minimum absolute atomic E-state index is 0.0126. The Hall–Kier alpha value is -2.21. The summed E-state index contributed by atoms with van der Waals surface area (Å²) in [4.78, 5) is 17.4. The second-order valence-corrected chi connectivity index (χ2v) is 7.64. The SMILES string of the molecule is CCc1c(C(=O)NC2C3CCCC2CC(N)C3)cnn1-c1ccccn1. The molecule has 0 aliphatic heterocycles. The average Bonchev–Trinajstić information content (AvgIpc) is 3.07. The number of nitrogens with one attached hydrogen (secondary N) is 1. The molecule has 2 fully saturated rings. The van der Waals surface area contributed by atoms with Crippen LogP contribution in [0.1, 0.15) is 55.1 Å². The van der Waals surface area contributed by atoms with E-state index in [1.165, 1.54) is 19.3 Å². The van der Waals surface area contributed by atoms with Crippen LogP contribution in [0.5, 0.6) is 0 Å². The van der Waals surface area contributed by atoms with Crippen LogP contribution in [0.15, 0.2) is 30.6 Å². The lowest BCUT2D eigenvalue weighted by molar-refractivity contribution is 0.0755. The summed E-state index contributed by atoms with van der Waals surface area (Å²) < 4.78 is 1.77. The van der Waals surface area contributed by atoms with Crippen molar-refractivity contribution in [2.75, 3.05) is 0 Å².